The maximum atomic E-state index is 14.6. The van der Waals surface area contributed by atoms with Crippen LogP contribution in [0.1, 0.15) is 99.3 Å². The number of benzene rings is 6. The van der Waals surface area contributed by atoms with Crippen LogP contribution in [-0.2, 0) is 42.2 Å². The fourth-order valence-electron chi connectivity index (χ4n) is 9.58. The van der Waals surface area contributed by atoms with Gasteiger partial charge in [-0.3, -0.25) is 29.7 Å². The molecule has 6 aromatic carbocycles. The Hall–Kier alpha value is -9.31. The number of aliphatic carboxylic acids is 2. The van der Waals surface area contributed by atoms with Crippen LogP contribution in [0.3, 0.4) is 0 Å². The number of nitrogens with two attached hydrogens (primary N) is 1. The Morgan fingerprint density at radius 1 is 0.655 bits per heavy atom. The fourth-order valence-corrected chi connectivity index (χ4v) is 10.0. The van der Waals surface area contributed by atoms with E-state index in [2.05, 4.69) is 15.3 Å². The first-order chi connectivity index (χ1) is 41.8. The van der Waals surface area contributed by atoms with Crippen molar-refractivity contribution < 1.29 is 62.5 Å². The third kappa shape index (κ3) is 15.4. The lowest BCUT2D eigenvalue weighted by atomic mass is 9.96. The summed E-state index contributed by atoms with van der Waals surface area (Å²) in [5.74, 6) is -1.53. The highest BCUT2D eigenvalue weighted by molar-refractivity contribution is 6.32. The summed E-state index contributed by atoms with van der Waals surface area (Å²) in [6.07, 6.45) is 8.95. The van der Waals surface area contributed by atoms with Gasteiger partial charge in [-0.15, -0.1) is 0 Å². The predicted molar refractivity (Wildman–Crippen MR) is 319 cm³/mol. The smallest absolute Gasteiger partial charge is 0.326 e. The zero-order valence-corrected chi connectivity index (χ0v) is 48.5. The number of aliphatic hydroxyl groups excluding tert-OH is 2. The minimum atomic E-state index is -1.59. The number of carboxylic acid groups (broad SMARTS) is 2. The Kier molecular flexibility index (Phi) is 21.0. The van der Waals surface area contributed by atoms with Gasteiger partial charge >= 0.3 is 11.9 Å². The van der Waals surface area contributed by atoms with Crippen molar-refractivity contribution in [2.45, 2.75) is 82.6 Å². The van der Waals surface area contributed by atoms with Gasteiger partial charge in [0, 0.05) is 71.3 Å². The van der Waals surface area contributed by atoms with Gasteiger partial charge in [-0.05, 0) is 109 Å². The van der Waals surface area contributed by atoms with Crippen molar-refractivity contribution in [3.63, 3.8) is 0 Å². The lowest BCUT2D eigenvalue weighted by Gasteiger charge is -2.25. The fraction of sp³-hybridized carbons (Fsp3) is 0.227. The molecule has 4 atom stereocenters. The molecule has 0 spiro atoms. The maximum Gasteiger partial charge on any atom is 0.326 e. The number of rotatable bonds is 20. The summed E-state index contributed by atoms with van der Waals surface area (Å²) >= 11 is 13.1. The van der Waals surface area contributed by atoms with Crippen LogP contribution in [0.5, 0.6) is 23.0 Å². The van der Waals surface area contributed by atoms with Crippen molar-refractivity contribution in [1.82, 2.24) is 15.3 Å². The quantitative estimate of drug-likeness (QED) is 0.0387. The number of nitrogens with zero attached hydrogens (tertiary/aromatic N) is 4. The standard InChI is InChI=1S/C33H29ClFN3O5.C29H20ClFN2O3.C4H9NO3/c1-33(19-39,32(40)41)38-17-22-12-27(34)31(13-30(22)42-18-21-11-20(14-36)15-37-16-21)43-29-10-9-24-23(6-4-7-26(24)29)25-5-2-3-8-28(25)35;30-25-11-20(16-34)28(35-17-19-10-18(13-32)14-33-15-19)12-29(25)36-27-9-8-22-21(5-3-6-24(22)27)23-4-1-2-7-26(23)31;1-4(5,2-6)3(7)8/h2-8,11-13,15-16,29,38-39H,9-10,17-19H2,1H3,(H,40,41);1-7,10-12,14-16,27H,8-9,17H2;6H,2,5H2,1H3,(H,7,8)/t29-,33+;27-;4-/m001/s1. The second kappa shape index (κ2) is 28.7. The summed E-state index contributed by atoms with van der Waals surface area (Å²) < 4.78 is 53.8. The molecular weight excluding hydrogens is 1160 g/mol. The van der Waals surface area contributed by atoms with Crippen molar-refractivity contribution in [3.8, 4) is 57.4 Å². The summed E-state index contributed by atoms with van der Waals surface area (Å²) in [6.45, 7) is 1.66. The van der Waals surface area contributed by atoms with Crippen LogP contribution < -0.4 is 30.0 Å². The van der Waals surface area contributed by atoms with E-state index in [1.54, 1.807) is 67.0 Å². The van der Waals surface area contributed by atoms with Crippen LogP contribution in [-0.4, -0.2) is 72.9 Å². The molecule has 2 aliphatic carbocycles. The first kappa shape index (κ1) is 63.7. The number of fused-ring (bicyclic) bond motifs is 2. The van der Waals surface area contributed by atoms with Crippen molar-refractivity contribution in [2.24, 2.45) is 5.73 Å². The largest absolute Gasteiger partial charge is 0.488 e. The van der Waals surface area contributed by atoms with Crippen molar-refractivity contribution in [1.29, 1.82) is 10.5 Å². The molecule has 7 N–H and O–H groups in total. The van der Waals surface area contributed by atoms with Crippen LogP contribution in [0, 0.1) is 34.3 Å². The SMILES string of the molecule is C[C@@](N)(CO)C(=O)O.C[C@](CO)(NCc1cc(Cl)c(O[C@H]2CCc3c(-c4ccccc4F)cccc32)cc1OCc1cncc(C#N)c1)C(=O)O.N#Cc1cncc(COc2cc(O[C@H]3CCc4c(-c5ccccc5F)cccc43)c(Cl)cc2C=O)c1. The molecule has 2 aromatic heterocycles. The highest BCUT2D eigenvalue weighted by atomic mass is 35.5. The molecule has 8 aromatic rings. The number of carbonyl (C=O) groups is 3. The number of nitrogens with one attached hydrogen (secondary N) is 1. The molecule has 0 fully saturated rings. The zero-order valence-electron chi connectivity index (χ0n) is 47.0. The number of aromatic nitrogens is 2. The van der Waals surface area contributed by atoms with Gasteiger partial charge in [-0.2, -0.15) is 10.5 Å². The molecule has 17 nitrogen and oxygen atoms in total. The summed E-state index contributed by atoms with van der Waals surface area (Å²) in [4.78, 5) is 41.4. The van der Waals surface area contributed by atoms with Crippen LogP contribution >= 0.6 is 23.2 Å². The summed E-state index contributed by atoms with van der Waals surface area (Å²) in [7, 11) is 0. The van der Waals surface area contributed by atoms with E-state index in [-0.39, 0.29) is 59.2 Å². The topological polar surface area (TPSA) is 280 Å². The average Bonchev–Trinajstić information content (AvgIpc) is 3.46. The Morgan fingerprint density at radius 2 is 1.13 bits per heavy atom. The van der Waals surface area contributed by atoms with E-state index in [9.17, 15) is 38.6 Å². The molecular formula is C66H58Cl2F2N6O11. The number of aldehydes is 1. The van der Waals surface area contributed by atoms with Crippen LogP contribution in [0.2, 0.25) is 10.0 Å². The first-order valence-electron chi connectivity index (χ1n) is 27.1. The zero-order chi connectivity index (χ0) is 62.4. The molecule has 2 aliphatic rings. The Morgan fingerprint density at radius 3 is 1.56 bits per heavy atom. The Labute approximate surface area is 509 Å². The molecule has 87 heavy (non-hydrogen) atoms. The highest BCUT2D eigenvalue weighted by Crippen LogP contribution is 2.45. The number of nitriles is 2. The van der Waals surface area contributed by atoms with Crippen molar-refractivity contribution >= 4 is 41.4 Å². The molecule has 0 saturated heterocycles. The van der Waals surface area contributed by atoms with Gasteiger partial charge in [-0.25, -0.2) is 8.78 Å². The van der Waals surface area contributed by atoms with Crippen LogP contribution in [0.25, 0.3) is 22.3 Å². The van der Waals surface area contributed by atoms with E-state index in [1.807, 2.05) is 60.7 Å². The van der Waals surface area contributed by atoms with Crippen molar-refractivity contribution in [3.05, 3.63) is 223 Å². The Balaban J connectivity index is 0.000000203. The molecule has 10 rings (SSSR count). The molecule has 2 heterocycles. The number of carbonyl (C=O) groups excluding carboxylic acids is 1. The lowest BCUT2D eigenvalue weighted by Crippen LogP contribution is -2.52. The van der Waals surface area contributed by atoms with Gasteiger partial charge < -0.3 is 45.1 Å². The molecule has 446 valence electrons. The van der Waals surface area contributed by atoms with E-state index < -0.39 is 36.2 Å². The second-order valence-corrected chi connectivity index (χ2v) is 21.6. The number of carboxylic acids is 2. The molecule has 0 bridgehead atoms. The summed E-state index contributed by atoms with van der Waals surface area (Å²) in [6, 6.07) is 38.8. The van der Waals surface area contributed by atoms with E-state index in [0.717, 1.165) is 39.8 Å². The minimum Gasteiger partial charge on any atom is -0.488 e. The van der Waals surface area contributed by atoms with E-state index in [4.69, 9.17) is 63.4 Å². The third-order valence-electron chi connectivity index (χ3n) is 14.5. The normalized spacial score (nSPS) is 15.0. The number of aliphatic hydroxyl groups is 2. The second-order valence-electron chi connectivity index (χ2n) is 20.8. The lowest BCUT2D eigenvalue weighted by molar-refractivity contribution is -0.146. The van der Waals surface area contributed by atoms with Gasteiger partial charge in [0.25, 0.3) is 0 Å². The number of halogens is 4. The summed E-state index contributed by atoms with van der Waals surface area (Å²) in [5, 5.41) is 57.4. The minimum absolute atomic E-state index is 0.0213. The van der Waals surface area contributed by atoms with Gasteiger partial charge in [0.2, 0.25) is 0 Å². The van der Waals surface area contributed by atoms with Gasteiger partial charge in [0.1, 0.15) is 83.3 Å². The number of hydrogen-bond acceptors (Lipinski definition) is 15. The molecule has 0 saturated carbocycles. The first-order valence-corrected chi connectivity index (χ1v) is 27.9. The van der Waals surface area contributed by atoms with E-state index in [0.29, 0.717) is 87.5 Å². The molecule has 0 radical (unpaired) electrons. The number of hydrogen-bond donors (Lipinski definition) is 6. The van der Waals surface area contributed by atoms with Gasteiger partial charge in [0.15, 0.2) is 6.29 Å². The number of ether oxygens (including phenoxy) is 4. The molecule has 0 amide bonds. The van der Waals surface area contributed by atoms with E-state index in [1.165, 1.54) is 44.4 Å². The summed E-state index contributed by atoms with van der Waals surface area (Å²) in [5.41, 5.74) is 11.7. The Bertz CT molecular complexity index is 3930. The molecule has 0 unspecified atom stereocenters. The predicted octanol–water partition coefficient (Wildman–Crippen LogP) is 11.6. The van der Waals surface area contributed by atoms with Crippen molar-refractivity contribution in [2.75, 3.05) is 13.2 Å². The average molecular weight is 1220 g/mol. The van der Waals surface area contributed by atoms with Crippen LogP contribution in [0.4, 0.5) is 8.78 Å². The third-order valence-corrected chi connectivity index (χ3v) is 15.1. The number of pyridine rings is 2. The maximum absolute atomic E-state index is 14.6. The van der Waals surface area contributed by atoms with Gasteiger partial charge in [-0.1, -0.05) is 96.0 Å². The van der Waals surface area contributed by atoms with Crippen LogP contribution in [0.15, 0.2) is 146 Å². The van der Waals surface area contributed by atoms with E-state index >= 15 is 0 Å². The highest BCUT2D eigenvalue weighted by Gasteiger charge is 2.34. The van der Waals surface area contributed by atoms with Gasteiger partial charge in [0.05, 0.1) is 39.9 Å². The molecule has 0 aliphatic heterocycles. The monoisotopic (exact) mass is 1220 g/mol. The molecule has 21 heteroatoms.